The summed E-state index contributed by atoms with van der Waals surface area (Å²) in [5, 5.41) is 9.51. The van der Waals surface area contributed by atoms with Crippen LogP contribution in [0.3, 0.4) is 0 Å². The van der Waals surface area contributed by atoms with Gasteiger partial charge in [0.2, 0.25) is 0 Å². The molecule has 1 unspecified atom stereocenters. The largest absolute Gasteiger partial charge is 0.462 e. The van der Waals surface area contributed by atoms with E-state index in [2.05, 4.69) is 62.5 Å². The maximum Gasteiger partial charge on any atom is 0.306 e. The van der Waals surface area contributed by atoms with E-state index in [0.717, 1.165) is 77.0 Å². The molecule has 1 N–H and O–H groups in total. The molecule has 5 nitrogen and oxygen atoms in total. The number of aliphatic hydroxyl groups excluding tert-OH is 1. The first-order chi connectivity index (χ1) is 21.1. The van der Waals surface area contributed by atoms with Gasteiger partial charge in [-0.3, -0.25) is 9.59 Å². The average Bonchev–Trinajstić information content (AvgIpc) is 3.01. The Morgan fingerprint density at radius 3 is 1.51 bits per heavy atom. The standard InChI is InChI=1S/C38H66O5/c1-3-5-7-9-11-13-15-17-18-19-20-21-23-25-27-29-31-33-38(41)43-36(34-39)35-42-37(40)32-30-28-26-24-22-16-14-12-10-8-6-4-2/h5,7,11,13,17-18,20-21,36,39H,3-4,6,8-10,12,14-16,19,22-35H2,1-2H3. The van der Waals surface area contributed by atoms with Crippen molar-refractivity contribution >= 4 is 11.9 Å². The van der Waals surface area contributed by atoms with Gasteiger partial charge in [-0.25, -0.2) is 0 Å². The summed E-state index contributed by atoms with van der Waals surface area (Å²) in [6.07, 6.45) is 41.6. The highest BCUT2D eigenvalue weighted by molar-refractivity contribution is 5.70. The van der Waals surface area contributed by atoms with Crippen molar-refractivity contribution in [2.45, 2.75) is 168 Å². The lowest BCUT2D eigenvalue weighted by Crippen LogP contribution is -2.28. The van der Waals surface area contributed by atoms with Crippen LogP contribution in [0.15, 0.2) is 48.6 Å². The molecule has 0 radical (unpaired) electrons. The molecule has 0 fully saturated rings. The molecular formula is C38H66O5. The molecule has 0 saturated carbocycles. The quantitative estimate of drug-likeness (QED) is 0.0485. The SMILES string of the molecule is CCC=CCC=CCC=CCC=CCCCCCCC(=O)OC(CO)COC(=O)CCCCCCCCCCCCCC. The summed E-state index contributed by atoms with van der Waals surface area (Å²) in [5.41, 5.74) is 0. The number of unbranched alkanes of at least 4 members (excludes halogenated alkanes) is 15. The molecule has 0 aromatic carbocycles. The first-order valence-corrected chi connectivity index (χ1v) is 17.7. The van der Waals surface area contributed by atoms with Gasteiger partial charge in [0.15, 0.2) is 6.10 Å². The van der Waals surface area contributed by atoms with Crippen LogP contribution in [0.1, 0.15) is 162 Å². The lowest BCUT2D eigenvalue weighted by molar-refractivity contribution is -0.161. The number of rotatable bonds is 31. The summed E-state index contributed by atoms with van der Waals surface area (Å²) in [7, 11) is 0. The number of carbonyl (C=O) groups excluding carboxylic acids is 2. The maximum atomic E-state index is 12.1. The molecule has 5 heteroatoms. The zero-order valence-electron chi connectivity index (χ0n) is 28.0. The maximum absolute atomic E-state index is 12.1. The van der Waals surface area contributed by atoms with E-state index in [1.165, 1.54) is 57.8 Å². The summed E-state index contributed by atoms with van der Waals surface area (Å²) in [6, 6.07) is 0. The normalized spacial score (nSPS) is 12.7. The second-order valence-electron chi connectivity index (χ2n) is 11.6. The van der Waals surface area contributed by atoms with Crippen LogP contribution in [0, 0.1) is 0 Å². The summed E-state index contributed by atoms with van der Waals surface area (Å²) in [4.78, 5) is 24.1. The molecule has 0 saturated heterocycles. The van der Waals surface area contributed by atoms with E-state index >= 15 is 0 Å². The molecular weight excluding hydrogens is 536 g/mol. The minimum Gasteiger partial charge on any atom is -0.462 e. The van der Waals surface area contributed by atoms with Gasteiger partial charge in [0.25, 0.3) is 0 Å². The Balaban J connectivity index is 3.64. The Bertz CT molecular complexity index is 737. The third kappa shape index (κ3) is 32.6. The van der Waals surface area contributed by atoms with E-state index in [0.29, 0.717) is 12.8 Å². The zero-order valence-corrected chi connectivity index (χ0v) is 28.0. The van der Waals surface area contributed by atoms with E-state index < -0.39 is 6.10 Å². The van der Waals surface area contributed by atoms with Gasteiger partial charge in [0.05, 0.1) is 6.61 Å². The van der Waals surface area contributed by atoms with Crippen LogP contribution in [0.5, 0.6) is 0 Å². The average molecular weight is 603 g/mol. The summed E-state index contributed by atoms with van der Waals surface area (Å²) in [6.45, 7) is 3.98. The Morgan fingerprint density at radius 1 is 0.558 bits per heavy atom. The van der Waals surface area contributed by atoms with Crippen molar-refractivity contribution in [1.29, 1.82) is 0 Å². The molecule has 1 atom stereocenters. The third-order valence-electron chi connectivity index (χ3n) is 7.39. The summed E-state index contributed by atoms with van der Waals surface area (Å²) < 4.78 is 10.5. The predicted molar refractivity (Wildman–Crippen MR) is 182 cm³/mol. The van der Waals surface area contributed by atoms with E-state index in [9.17, 15) is 14.7 Å². The molecule has 248 valence electrons. The Morgan fingerprint density at radius 2 is 1.00 bits per heavy atom. The predicted octanol–water partition coefficient (Wildman–Crippen LogP) is 10.7. The van der Waals surface area contributed by atoms with Crippen molar-refractivity contribution in [2.75, 3.05) is 13.2 Å². The fourth-order valence-corrected chi connectivity index (χ4v) is 4.72. The number of esters is 2. The molecule has 0 aliphatic heterocycles. The van der Waals surface area contributed by atoms with Gasteiger partial charge in [-0.15, -0.1) is 0 Å². The monoisotopic (exact) mass is 602 g/mol. The Labute approximate surface area is 265 Å². The highest BCUT2D eigenvalue weighted by atomic mass is 16.6. The van der Waals surface area contributed by atoms with E-state index in [1.54, 1.807) is 0 Å². The second-order valence-corrected chi connectivity index (χ2v) is 11.6. The van der Waals surface area contributed by atoms with Gasteiger partial charge < -0.3 is 14.6 Å². The van der Waals surface area contributed by atoms with E-state index in [1.807, 2.05) is 0 Å². The molecule has 0 aromatic heterocycles. The third-order valence-corrected chi connectivity index (χ3v) is 7.39. The molecule has 0 aliphatic carbocycles. The van der Waals surface area contributed by atoms with Gasteiger partial charge in [-0.05, 0) is 51.4 Å². The van der Waals surface area contributed by atoms with Crippen molar-refractivity contribution in [1.82, 2.24) is 0 Å². The lowest BCUT2D eigenvalue weighted by atomic mass is 10.0. The topological polar surface area (TPSA) is 72.8 Å². The van der Waals surface area contributed by atoms with Crippen LogP contribution < -0.4 is 0 Å². The Kier molecular flexibility index (Phi) is 32.6. The number of hydrogen-bond donors (Lipinski definition) is 1. The van der Waals surface area contributed by atoms with Gasteiger partial charge in [-0.1, -0.05) is 146 Å². The van der Waals surface area contributed by atoms with Crippen molar-refractivity contribution in [3.63, 3.8) is 0 Å². The highest BCUT2D eigenvalue weighted by Crippen LogP contribution is 2.13. The molecule has 0 spiro atoms. The molecule has 0 aliphatic rings. The number of aliphatic hydroxyl groups is 1. The van der Waals surface area contributed by atoms with Gasteiger partial charge in [-0.2, -0.15) is 0 Å². The molecule has 0 aromatic rings. The van der Waals surface area contributed by atoms with Gasteiger partial charge >= 0.3 is 11.9 Å². The molecule has 0 amide bonds. The van der Waals surface area contributed by atoms with Crippen LogP contribution >= 0.6 is 0 Å². The number of allylic oxidation sites excluding steroid dienone is 8. The fourth-order valence-electron chi connectivity index (χ4n) is 4.72. The molecule has 0 bridgehead atoms. The number of hydrogen-bond acceptors (Lipinski definition) is 5. The summed E-state index contributed by atoms with van der Waals surface area (Å²) in [5.74, 6) is -0.621. The highest BCUT2D eigenvalue weighted by Gasteiger charge is 2.16. The van der Waals surface area contributed by atoms with E-state index in [-0.39, 0.29) is 25.2 Å². The van der Waals surface area contributed by atoms with Crippen molar-refractivity contribution in [2.24, 2.45) is 0 Å². The molecule has 0 rings (SSSR count). The Hall–Kier alpha value is -2.14. The van der Waals surface area contributed by atoms with Crippen LogP contribution in [0.4, 0.5) is 0 Å². The van der Waals surface area contributed by atoms with E-state index in [4.69, 9.17) is 9.47 Å². The number of ether oxygens (including phenoxy) is 2. The molecule has 0 heterocycles. The second kappa shape index (κ2) is 34.4. The lowest BCUT2D eigenvalue weighted by Gasteiger charge is -2.15. The first-order valence-electron chi connectivity index (χ1n) is 17.7. The van der Waals surface area contributed by atoms with Gasteiger partial charge in [0, 0.05) is 12.8 Å². The number of carbonyl (C=O) groups is 2. The molecule has 43 heavy (non-hydrogen) atoms. The van der Waals surface area contributed by atoms with Crippen LogP contribution in [-0.2, 0) is 19.1 Å². The van der Waals surface area contributed by atoms with Crippen molar-refractivity contribution < 1.29 is 24.2 Å². The van der Waals surface area contributed by atoms with Gasteiger partial charge in [0.1, 0.15) is 6.61 Å². The fraction of sp³-hybridized carbons (Fsp3) is 0.737. The zero-order chi connectivity index (χ0) is 31.5. The van der Waals surface area contributed by atoms with Crippen molar-refractivity contribution in [3.8, 4) is 0 Å². The first kappa shape index (κ1) is 40.9. The van der Waals surface area contributed by atoms with Crippen molar-refractivity contribution in [3.05, 3.63) is 48.6 Å². The van der Waals surface area contributed by atoms with Crippen LogP contribution in [0.2, 0.25) is 0 Å². The smallest absolute Gasteiger partial charge is 0.306 e. The van der Waals surface area contributed by atoms with Crippen LogP contribution in [-0.4, -0.2) is 36.4 Å². The minimum absolute atomic E-state index is 0.0752. The summed E-state index contributed by atoms with van der Waals surface area (Å²) >= 11 is 0. The van der Waals surface area contributed by atoms with Crippen LogP contribution in [0.25, 0.3) is 0 Å². The minimum atomic E-state index is -0.781.